The summed E-state index contributed by atoms with van der Waals surface area (Å²) < 4.78 is 12.7. The van der Waals surface area contributed by atoms with Crippen LogP contribution >= 0.6 is 0 Å². The molecular weight excluding hydrogens is 332 g/mol. The van der Waals surface area contributed by atoms with Crippen LogP contribution in [0.5, 0.6) is 5.75 Å². The molecular formula is C21H24O3S. The van der Waals surface area contributed by atoms with E-state index in [9.17, 15) is 14.1 Å². The van der Waals surface area contributed by atoms with E-state index in [1.807, 2.05) is 57.2 Å². The van der Waals surface area contributed by atoms with Crippen LogP contribution in [0.3, 0.4) is 0 Å². The van der Waals surface area contributed by atoms with Crippen molar-refractivity contribution in [3.63, 3.8) is 0 Å². The molecule has 2 unspecified atom stereocenters. The molecule has 0 aromatic heterocycles. The summed E-state index contributed by atoms with van der Waals surface area (Å²) in [4.78, 5) is 13.5. The molecule has 3 rings (SSSR count). The largest absolute Gasteiger partial charge is 0.508 e. The first-order chi connectivity index (χ1) is 11.8. The van der Waals surface area contributed by atoms with Gasteiger partial charge in [0.15, 0.2) is 5.78 Å². The Morgan fingerprint density at radius 3 is 2.60 bits per heavy atom. The van der Waals surface area contributed by atoms with Crippen molar-refractivity contribution in [2.75, 3.05) is 0 Å². The minimum absolute atomic E-state index is 0.0178. The zero-order valence-electron chi connectivity index (χ0n) is 14.9. The Balaban J connectivity index is 1.77. The summed E-state index contributed by atoms with van der Waals surface area (Å²) in [7, 11) is -1.29. The van der Waals surface area contributed by atoms with E-state index < -0.39 is 16.0 Å². The van der Waals surface area contributed by atoms with Crippen molar-refractivity contribution in [2.24, 2.45) is 0 Å². The van der Waals surface area contributed by atoms with E-state index in [0.29, 0.717) is 6.42 Å². The Hall–Kier alpha value is -1.94. The third-order valence-electron chi connectivity index (χ3n) is 4.73. The lowest BCUT2D eigenvalue weighted by Gasteiger charge is -2.23. The normalized spacial score (nSPS) is 20.1. The van der Waals surface area contributed by atoms with Crippen molar-refractivity contribution in [1.29, 1.82) is 0 Å². The van der Waals surface area contributed by atoms with Gasteiger partial charge < -0.3 is 5.11 Å². The predicted molar refractivity (Wildman–Crippen MR) is 100 cm³/mol. The summed E-state index contributed by atoms with van der Waals surface area (Å²) in [6.45, 7) is 6.11. The monoisotopic (exact) mass is 356 g/mol. The zero-order valence-corrected chi connectivity index (χ0v) is 15.7. The van der Waals surface area contributed by atoms with Gasteiger partial charge in [0.1, 0.15) is 5.75 Å². The maximum absolute atomic E-state index is 12.7. The highest BCUT2D eigenvalue weighted by Gasteiger charge is 2.31. The van der Waals surface area contributed by atoms with Crippen molar-refractivity contribution >= 4 is 16.6 Å². The fourth-order valence-corrected chi connectivity index (χ4v) is 4.97. The van der Waals surface area contributed by atoms with Gasteiger partial charge in [0.25, 0.3) is 0 Å². The Labute approximate surface area is 151 Å². The molecule has 2 aromatic carbocycles. The number of benzene rings is 2. The summed E-state index contributed by atoms with van der Waals surface area (Å²) in [5, 5.41) is 9.80. The molecule has 0 amide bonds. The lowest BCUT2D eigenvalue weighted by Crippen LogP contribution is -2.31. The third kappa shape index (κ3) is 3.69. The van der Waals surface area contributed by atoms with Crippen LogP contribution in [0.15, 0.2) is 47.4 Å². The van der Waals surface area contributed by atoms with E-state index in [1.54, 1.807) is 6.07 Å². The van der Waals surface area contributed by atoms with Crippen LogP contribution in [-0.4, -0.2) is 20.3 Å². The molecule has 1 N–H and O–H groups in total. The van der Waals surface area contributed by atoms with Gasteiger partial charge >= 0.3 is 0 Å². The molecule has 0 saturated heterocycles. The van der Waals surface area contributed by atoms with Crippen LogP contribution in [0, 0.1) is 0 Å². The second-order valence-corrected chi connectivity index (χ2v) is 9.28. The van der Waals surface area contributed by atoms with Crippen molar-refractivity contribution in [1.82, 2.24) is 0 Å². The summed E-state index contributed by atoms with van der Waals surface area (Å²) >= 11 is 0. The Morgan fingerprint density at radius 1 is 1.20 bits per heavy atom. The van der Waals surface area contributed by atoms with Crippen molar-refractivity contribution in [3.05, 3.63) is 59.2 Å². The van der Waals surface area contributed by atoms with Crippen LogP contribution in [0.1, 0.15) is 43.9 Å². The minimum atomic E-state index is -1.29. The van der Waals surface area contributed by atoms with E-state index in [4.69, 9.17) is 0 Å². The average molecular weight is 356 g/mol. The van der Waals surface area contributed by atoms with Gasteiger partial charge in [-0.1, -0.05) is 51.1 Å². The van der Waals surface area contributed by atoms with Crippen LogP contribution in [0.25, 0.3) is 0 Å². The summed E-state index contributed by atoms with van der Waals surface area (Å²) in [5.74, 6) is 0.198. The highest BCUT2D eigenvalue weighted by atomic mass is 32.2. The van der Waals surface area contributed by atoms with Gasteiger partial charge in [0, 0.05) is 11.3 Å². The van der Waals surface area contributed by atoms with E-state index in [2.05, 4.69) is 0 Å². The number of hydrogen-bond donors (Lipinski definition) is 1. The molecule has 132 valence electrons. The van der Waals surface area contributed by atoms with Gasteiger partial charge in [0.2, 0.25) is 0 Å². The molecule has 0 bridgehead atoms. The highest BCUT2D eigenvalue weighted by molar-refractivity contribution is 7.86. The standard InChI is InChI=1S/C21H24O3S/c1-21(2,3)16-10-8-14(12-17(16)22)13-18(23)20-11-9-15-6-4-5-7-19(15)25(20)24/h4-8,10,12,20,22H,9,11,13H2,1-3H3. The molecule has 25 heavy (non-hydrogen) atoms. The number of hydrogen-bond acceptors (Lipinski definition) is 3. The number of phenols is 1. The highest BCUT2D eigenvalue weighted by Crippen LogP contribution is 2.32. The topological polar surface area (TPSA) is 54.4 Å². The van der Waals surface area contributed by atoms with Gasteiger partial charge in [-0.15, -0.1) is 0 Å². The molecule has 0 radical (unpaired) electrons. The number of aromatic hydroxyl groups is 1. The molecule has 1 aliphatic rings. The number of fused-ring (bicyclic) bond motifs is 1. The lowest BCUT2D eigenvalue weighted by atomic mass is 9.85. The second-order valence-electron chi connectivity index (χ2n) is 7.68. The van der Waals surface area contributed by atoms with Crippen LogP contribution in [0.4, 0.5) is 0 Å². The van der Waals surface area contributed by atoms with Crippen LogP contribution < -0.4 is 0 Å². The SMILES string of the molecule is CC(C)(C)c1ccc(CC(=O)C2CCc3ccccc3S2=O)cc1O. The van der Waals surface area contributed by atoms with E-state index in [-0.39, 0.29) is 23.4 Å². The number of aryl methyl sites for hydroxylation is 1. The Kier molecular flexibility index (Phi) is 4.83. The molecule has 1 aliphatic heterocycles. The Morgan fingerprint density at radius 2 is 1.92 bits per heavy atom. The third-order valence-corrected chi connectivity index (χ3v) is 6.58. The molecule has 0 spiro atoms. The number of phenolic OH excluding ortho intramolecular Hbond substituents is 1. The maximum atomic E-state index is 12.7. The molecule has 0 fully saturated rings. The first-order valence-corrected chi connectivity index (χ1v) is 9.82. The zero-order chi connectivity index (χ0) is 18.2. The van der Waals surface area contributed by atoms with E-state index in [1.165, 1.54) is 0 Å². The van der Waals surface area contributed by atoms with Crippen LogP contribution in [0.2, 0.25) is 0 Å². The summed E-state index contributed by atoms with van der Waals surface area (Å²) in [6, 6.07) is 13.1. The average Bonchev–Trinajstić information content (AvgIpc) is 2.54. The van der Waals surface area contributed by atoms with Gasteiger partial charge in [0.05, 0.1) is 16.0 Å². The first kappa shape index (κ1) is 17.9. The van der Waals surface area contributed by atoms with Crippen molar-refractivity contribution in [3.8, 4) is 5.75 Å². The van der Waals surface area contributed by atoms with E-state index in [0.717, 1.165) is 28.0 Å². The number of ketones is 1. The van der Waals surface area contributed by atoms with Crippen molar-refractivity contribution in [2.45, 2.75) is 55.6 Å². The van der Waals surface area contributed by atoms with Gasteiger partial charge in [-0.25, -0.2) is 0 Å². The van der Waals surface area contributed by atoms with Gasteiger partial charge in [-0.2, -0.15) is 0 Å². The summed E-state index contributed by atoms with van der Waals surface area (Å²) in [5.41, 5.74) is 2.56. The molecule has 1 heterocycles. The number of rotatable bonds is 3. The number of carbonyl (C=O) groups excluding carboxylic acids is 1. The quantitative estimate of drug-likeness (QED) is 0.907. The molecule has 0 saturated carbocycles. The second kappa shape index (κ2) is 6.75. The number of Topliss-reactive ketones (excluding diaryl/α,β-unsaturated/α-hetero) is 1. The van der Waals surface area contributed by atoms with E-state index >= 15 is 0 Å². The maximum Gasteiger partial charge on any atom is 0.153 e. The molecule has 2 atom stereocenters. The molecule has 0 aliphatic carbocycles. The Bertz CT molecular complexity index is 833. The molecule has 3 nitrogen and oxygen atoms in total. The molecule has 2 aromatic rings. The fourth-order valence-electron chi connectivity index (χ4n) is 3.37. The first-order valence-electron chi connectivity index (χ1n) is 8.61. The summed E-state index contributed by atoms with van der Waals surface area (Å²) in [6.07, 6.45) is 1.61. The number of carbonyl (C=O) groups is 1. The smallest absolute Gasteiger partial charge is 0.153 e. The van der Waals surface area contributed by atoms with Crippen molar-refractivity contribution < 1.29 is 14.1 Å². The van der Waals surface area contributed by atoms with Gasteiger partial charge in [-0.3, -0.25) is 9.00 Å². The van der Waals surface area contributed by atoms with Gasteiger partial charge in [-0.05, 0) is 47.1 Å². The minimum Gasteiger partial charge on any atom is -0.508 e. The van der Waals surface area contributed by atoms with Crippen LogP contribution in [-0.2, 0) is 33.9 Å². The fraction of sp³-hybridized carbons (Fsp3) is 0.381. The molecule has 4 heteroatoms. The lowest BCUT2D eigenvalue weighted by molar-refractivity contribution is -0.118. The predicted octanol–water partition coefficient (Wildman–Crippen LogP) is 3.92.